The molecule has 4 atom stereocenters. The minimum Gasteiger partial charge on any atom is -0.508 e. The van der Waals surface area contributed by atoms with Gasteiger partial charge >= 0.3 is 6.01 Å². The Bertz CT molecular complexity index is 1820. The fourth-order valence-corrected chi connectivity index (χ4v) is 7.86. The first-order valence-electron chi connectivity index (χ1n) is 16.1. The molecule has 2 N–H and O–H groups in total. The lowest BCUT2D eigenvalue weighted by atomic mass is 9.91. The number of fused-ring (bicyclic) bond motifs is 6. The third-order valence-corrected chi connectivity index (χ3v) is 10.1. The summed E-state index contributed by atoms with van der Waals surface area (Å²) >= 11 is 0. The molecular formula is C34H37F3N6O3. The quantitative estimate of drug-likeness (QED) is 0.266. The van der Waals surface area contributed by atoms with Crippen LogP contribution in [0.15, 0.2) is 30.3 Å². The summed E-state index contributed by atoms with van der Waals surface area (Å²) in [6.45, 7) is 5.38. The van der Waals surface area contributed by atoms with Gasteiger partial charge in [0.15, 0.2) is 5.82 Å². The molecule has 242 valence electrons. The molecule has 4 saturated heterocycles. The van der Waals surface area contributed by atoms with Crippen LogP contribution in [0.4, 0.5) is 19.0 Å². The first-order valence-corrected chi connectivity index (χ1v) is 16.1. The lowest BCUT2D eigenvalue weighted by Gasteiger charge is -2.53. The van der Waals surface area contributed by atoms with E-state index in [9.17, 15) is 9.50 Å². The summed E-state index contributed by atoms with van der Waals surface area (Å²) in [5.41, 5.74) is -0.0930. The second-order valence-corrected chi connectivity index (χ2v) is 13.2. The number of aromatic hydroxyl groups is 1. The number of anilines is 1. The van der Waals surface area contributed by atoms with Gasteiger partial charge in [-0.1, -0.05) is 13.0 Å². The molecule has 0 amide bonds. The van der Waals surface area contributed by atoms with E-state index in [1.807, 2.05) is 11.9 Å². The number of aryl methyl sites for hydroxylation is 1. The van der Waals surface area contributed by atoms with E-state index in [0.717, 1.165) is 32.5 Å². The van der Waals surface area contributed by atoms with Crippen molar-refractivity contribution in [3.63, 3.8) is 0 Å². The number of benzene rings is 3. The van der Waals surface area contributed by atoms with Crippen molar-refractivity contribution in [1.82, 2.24) is 25.1 Å². The maximum Gasteiger partial charge on any atom is 0.320 e. The van der Waals surface area contributed by atoms with Crippen LogP contribution in [0.25, 0.3) is 32.8 Å². The smallest absolute Gasteiger partial charge is 0.320 e. The van der Waals surface area contributed by atoms with Crippen molar-refractivity contribution in [2.24, 2.45) is 0 Å². The van der Waals surface area contributed by atoms with Gasteiger partial charge in [-0.25, -0.2) is 13.2 Å². The van der Waals surface area contributed by atoms with E-state index in [0.29, 0.717) is 60.4 Å². The second kappa shape index (κ2) is 11.5. The molecule has 12 heteroatoms. The zero-order chi connectivity index (χ0) is 31.7. The van der Waals surface area contributed by atoms with E-state index in [1.165, 1.54) is 30.3 Å². The molecule has 4 bridgehead atoms. The molecule has 0 spiro atoms. The molecular weight excluding hydrogens is 597 g/mol. The molecule has 46 heavy (non-hydrogen) atoms. The van der Waals surface area contributed by atoms with E-state index < -0.39 is 17.5 Å². The minimum atomic E-state index is -0.915. The Morgan fingerprint density at radius 3 is 2.52 bits per heavy atom. The Morgan fingerprint density at radius 2 is 1.80 bits per heavy atom. The van der Waals surface area contributed by atoms with Crippen molar-refractivity contribution >= 4 is 27.5 Å². The van der Waals surface area contributed by atoms with Crippen molar-refractivity contribution in [2.45, 2.75) is 56.8 Å². The van der Waals surface area contributed by atoms with Crippen LogP contribution in [0.5, 0.6) is 11.8 Å². The molecule has 8 rings (SSSR count). The van der Waals surface area contributed by atoms with Crippen LogP contribution in [0.2, 0.25) is 0 Å². The number of hydrogen-bond donors (Lipinski definition) is 2. The number of ether oxygens (including phenoxy) is 2. The highest BCUT2D eigenvalue weighted by Crippen LogP contribution is 2.42. The molecule has 0 aliphatic carbocycles. The van der Waals surface area contributed by atoms with Crippen molar-refractivity contribution in [1.29, 1.82) is 0 Å². The van der Waals surface area contributed by atoms with Gasteiger partial charge in [0.05, 0.1) is 25.4 Å². The number of piperazine rings is 1. The highest BCUT2D eigenvalue weighted by molar-refractivity contribution is 6.03. The molecule has 4 aliphatic heterocycles. The van der Waals surface area contributed by atoms with Gasteiger partial charge in [-0.3, -0.25) is 9.80 Å². The average molecular weight is 635 g/mol. The fraction of sp³-hybridized carbons (Fsp3) is 0.471. The third-order valence-electron chi connectivity index (χ3n) is 10.1. The predicted molar refractivity (Wildman–Crippen MR) is 169 cm³/mol. The Labute approximate surface area is 264 Å². The number of hydrogen-bond acceptors (Lipinski definition) is 9. The number of morpholine rings is 1. The summed E-state index contributed by atoms with van der Waals surface area (Å²) in [4.78, 5) is 15.7. The maximum atomic E-state index is 16.8. The van der Waals surface area contributed by atoms with Crippen molar-refractivity contribution < 1.29 is 27.8 Å². The number of phenols is 1. The Morgan fingerprint density at radius 1 is 1.04 bits per heavy atom. The van der Waals surface area contributed by atoms with Crippen LogP contribution in [0.3, 0.4) is 0 Å². The van der Waals surface area contributed by atoms with E-state index in [-0.39, 0.29) is 52.6 Å². The van der Waals surface area contributed by atoms with Crippen LogP contribution in [-0.4, -0.2) is 95.8 Å². The number of rotatable bonds is 8. The van der Waals surface area contributed by atoms with Crippen molar-refractivity contribution in [3.8, 4) is 22.9 Å². The van der Waals surface area contributed by atoms with Gasteiger partial charge < -0.3 is 24.8 Å². The van der Waals surface area contributed by atoms with Crippen molar-refractivity contribution in [3.05, 3.63) is 53.3 Å². The molecule has 9 nitrogen and oxygen atoms in total. The van der Waals surface area contributed by atoms with Crippen molar-refractivity contribution in [2.75, 3.05) is 51.7 Å². The number of nitrogens with one attached hydrogen (secondary N) is 1. The van der Waals surface area contributed by atoms with E-state index in [1.54, 1.807) is 6.92 Å². The Kier molecular flexibility index (Phi) is 7.43. The minimum absolute atomic E-state index is 0.00937. The maximum absolute atomic E-state index is 16.8. The molecule has 3 aromatic carbocycles. The molecule has 4 aromatic rings. The molecule has 4 aliphatic rings. The van der Waals surface area contributed by atoms with Gasteiger partial charge in [0.25, 0.3) is 0 Å². The highest BCUT2D eigenvalue weighted by atomic mass is 19.1. The first-order chi connectivity index (χ1) is 22.3. The van der Waals surface area contributed by atoms with Crippen LogP contribution in [0.1, 0.15) is 31.7 Å². The second-order valence-electron chi connectivity index (χ2n) is 13.2. The third kappa shape index (κ3) is 5.02. The monoisotopic (exact) mass is 634 g/mol. The molecule has 4 unspecified atom stereocenters. The number of halogens is 3. The summed E-state index contributed by atoms with van der Waals surface area (Å²) < 4.78 is 59.7. The molecule has 0 saturated carbocycles. The lowest BCUT2D eigenvalue weighted by Crippen LogP contribution is -2.65. The molecule has 1 aromatic heterocycles. The largest absolute Gasteiger partial charge is 0.508 e. The van der Waals surface area contributed by atoms with E-state index in [4.69, 9.17) is 14.5 Å². The Balaban J connectivity index is 1.22. The normalized spacial score (nSPS) is 24.3. The van der Waals surface area contributed by atoms with Gasteiger partial charge in [-0.2, -0.15) is 9.97 Å². The van der Waals surface area contributed by atoms with Gasteiger partial charge in [-0.05, 0) is 78.9 Å². The van der Waals surface area contributed by atoms with E-state index >= 15 is 8.78 Å². The predicted octanol–water partition coefficient (Wildman–Crippen LogP) is 4.77. The lowest BCUT2D eigenvalue weighted by molar-refractivity contribution is -0.147. The summed E-state index contributed by atoms with van der Waals surface area (Å²) in [5, 5.41) is 15.2. The summed E-state index contributed by atoms with van der Waals surface area (Å²) in [6, 6.07) is 8.15. The SMILES string of the molecule is CCc1c(F)ccc2cc(O)cc(-c3c(F)cc4c(N5CC6CCC(C5)N6)nc(OCN(C)CN5C6COCC5C6)nc4c3F)c12. The van der Waals surface area contributed by atoms with Gasteiger partial charge in [0.2, 0.25) is 0 Å². The zero-order valence-corrected chi connectivity index (χ0v) is 25.9. The van der Waals surface area contributed by atoms with Gasteiger partial charge in [0.1, 0.15) is 35.4 Å². The first kappa shape index (κ1) is 29.7. The fourth-order valence-electron chi connectivity index (χ4n) is 7.86. The summed E-state index contributed by atoms with van der Waals surface area (Å²) in [6.07, 6.45) is 3.48. The van der Waals surface area contributed by atoms with Crippen LogP contribution >= 0.6 is 0 Å². The Hall–Kier alpha value is -3.71. The number of aromatic nitrogens is 2. The highest BCUT2D eigenvalue weighted by Gasteiger charge is 2.42. The molecule has 0 radical (unpaired) electrons. The average Bonchev–Trinajstić information content (AvgIpc) is 3.39. The van der Waals surface area contributed by atoms with E-state index in [2.05, 4.69) is 20.1 Å². The summed E-state index contributed by atoms with van der Waals surface area (Å²) in [7, 11) is 1.94. The topological polar surface area (TPSA) is 86.2 Å². The molecule has 4 fully saturated rings. The molecule has 5 heterocycles. The van der Waals surface area contributed by atoms with Crippen LogP contribution in [0, 0.1) is 17.5 Å². The number of phenolic OH excluding ortho intramolecular Hbond substituents is 1. The zero-order valence-electron chi connectivity index (χ0n) is 25.9. The van der Waals surface area contributed by atoms with Crippen LogP contribution < -0.4 is 15.0 Å². The van der Waals surface area contributed by atoms with Gasteiger partial charge in [-0.15, -0.1) is 0 Å². The van der Waals surface area contributed by atoms with Gasteiger partial charge in [0, 0.05) is 42.6 Å². The van der Waals surface area contributed by atoms with Crippen LogP contribution in [-0.2, 0) is 11.2 Å². The summed E-state index contributed by atoms with van der Waals surface area (Å²) in [5.74, 6) is -2.00. The number of nitrogens with zero attached hydrogens (tertiary/aromatic N) is 5. The standard InChI is InChI=1S/C34H37F3N6O3/c1-3-24-27(35)7-4-18-8-23(44)10-25(29(18)24)30-28(36)11-26-32(31(30)37)39-34(40-33(26)42-12-19-5-6-20(13-42)38-19)46-17-41(2)16-43-21-9-22(43)15-45-14-21/h4,7-8,10-11,19-22,38,44H,3,5-6,9,12-17H2,1-2H3.